The molecule has 0 aliphatic heterocycles. The van der Waals surface area contributed by atoms with Crippen LogP contribution < -0.4 is 5.73 Å². The first-order valence-corrected chi connectivity index (χ1v) is 4.97. The van der Waals surface area contributed by atoms with Crippen LogP contribution in [0.15, 0.2) is 10.7 Å². The third kappa shape index (κ3) is 2.22. The standard InChI is InChI=1S/C8H14BrN3O/c1-3-6(5-13-2)12-8(10)7(9)4-11-12/h4,6H,3,5,10H2,1-2H3. The summed E-state index contributed by atoms with van der Waals surface area (Å²) in [4.78, 5) is 0. The summed E-state index contributed by atoms with van der Waals surface area (Å²) in [6.07, 6.45) is 2.65. The van der Waals surface area contributed by atoms with Gasteiger partial charge in [0.2, 0.25) is 0 Å². The lowest BCUT2D eigenvalue weighted by atomic mass is 10.2. The SMILES string of the molecule is CCC(COC)n1ncc(Br)c1N. The van der Waals surface area contributed by atoms with Gasteiger partial charge >= 0.3 is 0 Å². The van der Waals surface area contributed by atoms with Crippen molar-refractivity contribution in [3.8, 4) is 0 Å². The Kier molecular flexibility index (Phi) is 3.74. The quantitative estimate of drug-likeness (QED) is 0.884. The van der Waals surface area contributed by atoms with E-state index in [0.717, 1.165) is 10.9 Å². The first kappa shape index (κ1) is 10.5. The molecule has 0 aliphatic rings. The number of nitrogens with zero attached hydrogens (tertiary/aromatic N) is 2. The van der Waals surface area contributed by atoms with Crippen molar-refractivity contribution in [2.45, 2.75) is 19.4 Å². The second-order valence-corrected chi connectivity index (χ2v) is 3.69. The number of hydrogen-bond donors (Lipinski definition) is 1. The molecule has 0 aliphatic carbocycles. The molecule has 2 N–H and O–H groups in total. The van der Waals surface area contributed by atoms with E-state index in [4.69, 9.17) is 10.5 Å². The van der Waals surface area contributed by atoms with Crippen LogP contribution in [0.2, 0.25) is 0 Å². The summed E-state index contributed by atoms with van der Waals surface area (Å²) >= 11 is 3.32. The summed E-state index contributed by atoms with van der Waals surface area (Å²) < 4.78 is 7.70. The number of ether oxygens (including phenoxy) is 1. The number of nitrogens with two attached hydrogens (primary N) is 1. The number of aromatic nitrogens is 2. The first-order chi connectivity index (χ1) is 6.20. The van der Waals surface area contributed by atoms with Gasteiger partial charge in [0.15, 0.2) is 0 Å². The minimum atomic E-state index is 0.219. The van der Waals surface area contributed by atoms with Crippen molar-refractivity contribution < 1.29 is 4.74 Å². The summed E-state index contributed by atoms with van der Waals surface area (Å²) in [6.45, 7) is 2.72. The smallest absolute Gasteiger partial charge is 0.136 e. The molecular formula is C8H14BrN3O. The molecule has 1 aromatic heterocycles. The predicted molar refractivity (Wildman–Crippen MR) is 55.5 cm³/mol. The fraction of sp³-hybridized carbons (Fsp3) is 0.625. The topological polar surface area (TPSA) is 53.1 Å². The van der Waals surface area contributed by atoms with Gasteiger partial charge in [0.05, 0.1) is 23.3 Å². The minimum absolute atomic E-state index is 0.219. The van der Waals surface area contributed by atoms with Gasteiger partial charge < -0.3 is 10.5 Å². The van der Waals surface area contributed by atoms with Gasteiger partial charge in [0, 0.05) is 7.11 Å². The van der Waals surface area contributed by atoms with E-state index < -0.39 is 0 Å². The van der Waals surface area contributed by atoms with Crippen molar-refractivity contribution in [2.24, 2.45) is 0 Å². The highest BCUT2D eigenvalue weighted by Gasteiger charge is 2.13. The molecule has 74 valence electrons. The van der Waals surface area contributed by atoms with Crippen molar-refractivity contribution in [1.82, 2.24) is 9.78 Å². The second kappa shape index (κ2) is 4.62. The van der Waals surface area contributed by atoms with Gasteiger partial charge in [0.25, 0.3) is 0 Å². The Hall–Kier alpha value is -0.550. The number of nitrogen functional groups attached to an aromatic ring is 1. The Bertz CT molecular complexity index is 274. The zero-order valence-corrected chi connectivity index (χ0v) is 9.41. The summed E-state index contributed by atoms with van der Waals surface area (Å²) in [5, 5.41) is 4.17. The van der Waals surface area contributed by atoms with E-state index >= 15 is 0 Å². The average Bonchev–Trinajstić information content (AvgIpc) is 2.45. The molecule has 0 spiro atoms. The molecule has 1 rings (SSSR count). The maximum absolute atomic E-state index is 5.81. The Labute approximate surface area is 86.2 Å². The van der Waals surface area contributed by atoms with Gasteiger partial charge in [-0.2, -0.15) is 5.10 Å². The van der Waals surface area contributed by atoms with Crippen molar-refractivity contribution in [2.75, 3.05) is 19.5 Å². The monoisotopic (exact) mass is 247 g/mol. The van der Waals surface area contributed by atoms with Crippen LogP contribution in [0.4, 0.5) is 5.82 Å². The molecule has 0 radical (unpaired) electrons. The average molecular weight is 248 g/mol. The fourth-order valence-corrected chi connectivity index (χ4v) is 1.47. The number of methoxy groups -OCH3 is 1. The van der Waals surface area contributed by atoms with Crippen LogP contribution >= 0.6 is 15.9 Å². The largest absolute Gasteiger partial charge is 0.383 e. The van der Waals surface area contributed by atoms with Crippen LogP contribution in [-0.2, 0) is 4.74 Å². The molecule has 0 bridgehead atoms. The number of anilines is 1. The van der Waals surface area contributed by atoms with Crippen molar-refractivity contribution in [3.63, 3.8) is 0 Å². The van der Waals surface area contributed by atoms with Crippen LogP contribution in [0.1, 0.15) is 19.4 Å². The molecule has 1 unspecified atom stereocenters. The minimum Gasteiger partial charge on any atom is -0.383 e. The number of rotatable bonds is 4. The van der Waals surface area contributed by atoms with Crippen LogP contribution in [0.5, 0.6) is 0 Å². The van der Waals surface area contributed by atoms with Gasteiger partial charge in [-0.25, -0.2) is 4.68 Å². The van der Waals surface area contributed by atoms with Gasteiger partial charge in [-0.05, 0) is 22.4 Å². The predicted octanol–water partition coefficient (Wildman–Crippen LogP) is 1.83. The normalized spacial score (nSPS) is 13.2. The molecule has 0 saturated heterocycles. The lowest BCUT2D eigenvalue weighted by Gasteiger charge is -2.15. The molecule has 0 fully saturated rings. The van der Waals surface area contributed by atoms with E-state index in [1.807, 2.05) is 0 Å². The van der Waals surface area contributed by atoms with Crippen molar-refractivity contribution in [3.05, 3.63) is 10.7 Å². The van der Waals surface area contributed by atoms with Gasteiger partial charge in [0.1, 0.15) is 5.82 Å². The molecule has 13 heavy (non-hydrogen) atoms. The maximum Gasteiger partial charge on any atom is 0.136 e. The molecule has 4 nitrogen and oxygen atoms in total. The number of hydrogen-bond acceptors (Lipinski definition) is 3. The Morgan fingerprint density at radius 3 is 2.85 bits per heavy atom. The first-order valence-electron chi connectivity index (χ1n) is 4.18. The Balaban J connectivity index is 2.84. The fourth-order valence-electron chi connectivity index (χ4n) is 1.20. The lowest BCUT2D eigenvalue weighted by molar-refractivity contribution is 0.148. The zero-order chi connectivity index (χ0) is 9.84. The highest BCUT2D eigenvalue weighted by molar-refractivity contribution is 9.10. The third-order valence-electron chi connectivity index (χ3n) is 1.96. The van der Waals surface area contributed by atoms with Crippen molar-refractivity contribution >= 4 is 21.7 Å². The van der Waals surface area contributed by atoms with Crippen LogP contribution in [0, 0.1) is 0 Å². The highest BCUT2D eigenvalue weighted by atomic mass is 79.9. The zero-order valence-electron chi connectivity index (χ0n) is 7.83. The molecule has 1 atom stereocenters. The summed E-state index contributed by atoms with van der Waals surface area (Å²) in [6, 6.07) is 0.219. The van der Waals surface area contributed by atoms with E-state index in [1.165, 1.54) is 0 Å². The van der Waals surface area contributed by atoms with Crippen LogP contribution in [-0.4, -0.2) is 23.5 Å². The molecule has 0 amide bonds. The molecular weight excluding hydrogens is 234 g/mol. The van der Waals surface area contributed by atoms with E-state index in [2.05, 4.69) is 28.0 Å². The Morgan fingerprint density at radius 1 is 1.77 bits per heavy atom. The van der Waals surface area contributed by atoms with Crippen LogP contribution in [0.25, 0.3) is 0 Å². The summed E-state index contributed by atoms with van der Waals surface area (Å²) in [5.41, 5.74) is 5.81. The summed E-state index contributed by atoms with van der Waals surface area (Å²) in [5.74, 6) is 0.656. The van der Waals surface area contributed by atoms with E-state index in [0.29, 0.717) is 12.4 Å². The van der Waals surface area contributed by atoms with Gasteiger partial charge in [-0.3, -0.25) is 0 Å². The van der Waals surface area contributed by atoms with Crippen LogP contribution in [0.3, 0.4) is 0 Å². The van der Waals surface area contributed by atoms with Crippen molar-refractivity contribution in [1.29, 1.82) is 0 Å². The molecule has 0 aromatic carbocycles. The number of halogens is 1. The van der Waals surface area contributed by atoms with Gasteiger partial charge in [-0.15, -0.1) is 0 Å². The van der Waals surface area contributed by atoms with Gasteiger partial charge in [-0.1, -0.05) is 6.92 Å². The lowest BCUT2D eigenvalue weighted by Crippen LogP contribution is -2.17. The summed E-state index contributed by atoms with van der Waals surface area (Å²) in [7, 11) is 1.68. The highest BCUT2D eigenvalue weighted by Crippen LogP contribution is 2.23. The second-order valence-electron chi connectivity index (χ2n) is 2.84. The van der Waals surface area contributed by atoms with E-state index in [9.17, 15) is 0 Å². The van der Waals surface area contributed by atoms with E-state index in [1.54, 1.807) is 18.0 Å². The molecule has 0 saturated carbocycles. The molecule has 1 aromatic rings. The molecule has 5 heteroatoms. The third-order valence-corrected chi connectivity index (χ3v) is 2.57. The maximum atomic E-state index is 5.81. The van der Waals surface area contributed by atoms with E-state index in [-0.39, 0.29) is 6.04 Å². The Morgan fingerprint density at radius 2 is 2.46 bits per heavy atom. The molecule has 1 heterocycles.